The maximum atomic E-state index is 11.8. The van der Waals surface area contributed by atoms with Gasteiger partial charge in [-0.1, -0.05) is 124 Å². The zero-order chi connectivity index (χ0) is 25.1. The number of hydrogen-bond acceptors (Lipinski definition) is 4. The molecular formula is C30H58O4. The van der Waals surface area contributed by atoms with Crippen molar-refractivity contribution < 1.29 is 19.1 Å². The van der Waals surface area contributed by atoms with Crippen LogP contribution in [0.2, 0.25) is 0 Å². The van der Waals surface area contributed by atoms with E-state index in [0.29, 0.717) is 32.0 Å². The summed E-state index contributed by atoms with van der Waals surface area (Å²) in [6, 6.07) is 0. The van der Waals surface area contributed by atoms with E-state index in [4.69, 9.17) is 9.47 Å². The van der Waals surface area contributed by atoms with Crippen molar-refractivity contribution in [1.29, 1.82) is 0 Å². The van der Waals surface area contributed by atoms with E-state index in [2.05, 4.69) is 20.8 Å². The summed E-state index contributed by atoms with van der Waals surface area (Å²) in [5, 5.41) is 0. The van der Waals surface area contributed by atoms with E-state index in [0.717, 1.165) is 44.9 Å². The van der Waals surface area contributed by atoms with Crippen molar-refractivity contribution in [1.82, 2.24) is 0 Å². The Morgan fingerprint density at radius 1 is 0.529 bits per heavy atom. The van der Waals surface area contributed by atoms with Gasteiger partial charge >= 0.3 is 11.9 Å². The minimum Gasteiger partial charge on any atom is -0.466 e. The zero-order valence-corrected chi connectivity index (χ0v) is 23.2. The average Bonchev–Trinajstić information content (AvgIpc) is 2.82. The minimum absolute atomic E-state index is 0.0960. The molecule has 4 heteroatoms. The lowest BCUT2D eigenvalue weighted by molar-refractivity contribution is -0.145. The Hall–Kier alpha value is -1.06. The lowest BCUT2D eigenvalue weighted by Crippen LogP contribution is -2.11. The van der Waals surface area contributed by atoms with Gasteiger partial charge in [-0.25, -0.2) is 0 Å². The number of unbranched alkanes of at least 4 members (excludes halogenated alkanes) is 16. The molecule has 0 amide bonds. The van der Waals surface area contributed by atoms with E-state index in [-0.39, 0.29) is 11.9 Å². The summed E-state index contributed by atoms with van der Waals surface area (Å²) in [6.07, 6.45) is 25.7. The molecule has 0 aromatic carbocycles. The van der Waals surface area contributed by atoms with Crippen LogP contribution in [-0.4, -0.2) is 25.2 Å². The van der Waals surface area contributed by atoms with Crippen LogP contribution < -0.4 is 0 Å². The molecule has 0 aliphatic carbocycles. The molecule has 0 saturated heterocycles. The maximum Gasteiger partial charge on any atom is 0.305 e. The van der Waals surface area contributed by atoms with Crippen molar-refractivity contribution >= 4 is 11.9 Å². The summed E-state index contributed by atoms with van der Waals surface area (Å²) < 4.78 is 10.6. The molecule has 34 heavy (non-hydrogen) atoms. The van der Waals surface area contributed by atoms with Crippen LogP contribution in [0.25, 0.3) is 0 Å². The quantitative estimate of drug-likeness (QED) is 0.0910. The molecule has 202 valence electrons. The second-order valence-corrected chi connectivity index (χ2v) is 10.3. The fourth-order valence-corrected chi connectivity index (χ4v) is 4.33. The Balaban J connectivity index is 3.27. The molecule has 0 radical (unpaired) electrons. The molecule has 0 heterocycles. The van der Waals surface area contributed by atoms with Gasteiger partial charge in [0.25, 0.3) is 0 Å². The highest BCUT2D eigenvalue weighted by atomic mass is 16.5. The van der Waals surface area contributed by atoms with Crippen molar-refractivity contribution in [3.05, 3.63) is 0 Å². The van der Waals surface area contributed by atoms with Crippen LogP contribution in [0.3, 0.4) is 0 Å². The zero-order valence-electron chi connectivity index (χ0n) is 23.2. The highest BCUT2D eigenvalue weighted by Crippen LogP contribution is 2.13. The molecule has 1 unspecified atom stereocenters. The van der Waals surface area contributed by atoms with E-state index >= 15 is 0 Å². The smallest absolute Gasteiger partial charge is 0.305 e. The van der Waals surface area contributed by atoms with Crippen LogP contribution in [0, 0.1) is 5.92 Å². The first kappa shape index (κ1) is 32.9. The Labute approximate surface area is 212 Å². The van der Waals surface area contributed by atoms with Crippen molar-refractivity contribution in [3.63, 3.8) is 0 Å². The molecule has 0 rings (SSSR count). The molecule has 0 aromatic heterocycles. The number of ether oxygens (including phenoxy) is 2. The van der Waals surface area contributed by atoms with Gasteiger partial charge in [0.15, 0.2) is 0 Å². The third-order valence-corrected chi connectivity index (χ3v) is 6.58. The van der Waals surface area contributed by atoms with E-state index < -0.39 is 0 Å². The van der Waals surface area contributed by atoms with E-state index in [1.165, 1.54) is 83.5 Å². The summed E-state index contributed by atoms with van der Waals surface area (Å²) in [4.78, 5) is 23.5. The fraction of sp³-hybridized carbons (Fsp3) is 0.933. The van der Waals surface area contributed by atoms with Gasteiger partial charge in [-0.2, -0.15) is 0 Å². The molecule has 1 atom stereocenters. The number of rotatable bonds is 26. The molecular weight excluding hydrogens is 424 g/mol. The first-order valence-corrected chi connectivity index (χ1v) is 14.9. The van der Waals surface area contributed by atoms with E-state index in [9.17, 15) is 9.59 Å². The van der Waals surface area contributed by atoms with Crippen LogP contribution in [0.4, 0.5) is 0 Å². The van der Waals surface area contributed by atoms with Gasteiger partial charge in [0.2, 0.25) is 0 Å². The molecule has 0 spiro atoms. The summed E-state index contributed by atoms with van der Waals surface area (Å²) >= 11 is 0. The highest BCUT2D eigenvalue weighted by Gasteiger charge is 2.08. The Morgan fingerprint density at radius 2 is 0.941 bits per heavy atom. The average molecular weight is 483 g/mol. The van der Waals surface area contributed by atoms with E-state index in [1.54, 1.807) is 0 Å². The molecule has 0 aromatic rings. The van der Waals surface area contributed by atoms with Gasteiger partial charge < -0.3 is 9.47 Å². The number of carbonyl (C=O) groups excluding carboxylic acids is 2. The molecule has 0 bridgehead atoms. The van der Waals surface area contributed by atoms with Crippen molar-refractivity contribution in [2.45, 2.75) is 162 Å². The standard InChI is InChI=1S/C30H58O4/c1-4-6-7-8-9-10-11-12-13-14-15-16-17-18-22-26-33-29(31)24-20-19-21-25-30(32)34-27-28(3)23-5-2/h28H,4-27H2,1-3H3. The van der Waals surface area contributed by atoms with Crippen molar-refractivity contribution in [3.8, 4) is 0 Å². The summed E-state index contributed by atoms with van der Waals surface area (Å²) in [5.74, 6) is 0.230. The maximum absolute atomic E-state index is 11.8. The molecule has 0 aliphatic rings. The lowest BCUT2D eigenvalue weighted by atomic mass is 10.0. The summed E-state index contributed by atoms with van der Waals surface area (Å²) in [7, 11) is 0. The molecule has 0 N–H and O–H groups in total. The number of esters is 2. The molecule has 0 saturated carbocycles. The summed E-state index contributed by atoms with van der Waals surface area (Å²) in [6.45, 7) is 7.61. The van der Waals surface area contributed by atoms with Gasteiger partial charge in [0.1, 0.15) is 0 Å². The monoisotopic (exact) mass is 482 g/mol. The van der Waals surface area contributed by atoms with Crippen LogP contribution >= 0.6 is 0 Å². The Morgan fingerprint density at radius 3 is 1.41 bits per heavy atom. The second kappa shape index (κ2) is 26.5. The van der Waals surface area contributed by atoms with Gasteiger partial charge in [-0.15, -0.1) is 0 Å². The SMILES string of the molecule is CCCCCCCCCCCCCCCCCOC(=O)CCCCCC(=O)OCC(C)CCC. The molecule has 4 nitrogen and oxygen atoms in total. The van der Waals surface area contributed by atoms with Crippen LogP contribution in [0.5, 0.6) is 0 Å². The third-order valence-electron chi connectivity index (χ3n) is 6.58. The van der Waals surface area contributed by atoms with Crippen LogP contribution in [0.15, 0.2) is 0 Å². The summed E-state index contributed by atoms with van der Waals surface area (Å²) in [5.41, 5.74) is 0. The highest BCUT2D eigenvalue weighted by molar-refractivity contribution is 5.69. The van der Waals surface area contributed by atoms with Gasteiger partial charge in [0.05, 0.1) is 13.2 Å². The number of hydrogen-bond donors (Lipinski definition) is 0. The Kier molecular flexibility index (Phi) is 25.7. The minimum atomic E-state index is -0.112. The Bertz CT molecular complexity index is 449. The van der Waals surface area contributed by atoms with Gasteiger partial charge in [-0.3, -0.25) is 9.59 Å². The number of carbonyl (C=O) groups is 2. The third kappa shape index (κ3) is 25.6. The van der Waals surface area contributed by atoms with Crippen LogP contribution in [-0.2, 0) is 19.1 Å². The van der Waals surface area contributed by atoms with Gasteiger partial charge in [0, 0.05) is 12.8 Å². The first-order chi connectivity index (χ1) is 16.6. The predicted molar refractivity (Wildman–Crippen MR) is 144 cm³/mol. The topological polar surface area (TPSA) is 52.6 Å². The first-order valence-electron chi connectivity index (χ1n) is 14.9. The van der Waals surface area contributed by atoms with Crippen molar-refractivity contribution in [2.75, 3.05) is 13.2 Å². The van der Waals surface area contributed by atoms with E-state index in [1.807, 2.05) is 0 Å². The lowest BCUT2D eigenvalue weighted by Gasteiger charge is -2.10. The second-order valence-electron chi connectivity index (χ2n) is 10.3. The fourth-order valence-electron chi connectivity index (χ4n) is 4.33. The molecule has 0 aliphatic heterocycles. The van der Waals surface area contributed by atoms with Gasteiger partial charge in [-0.05, 0) is 31.6 Å². The molecule has 0 fully saturated rings. The predicted octanol–water partition coefficient (Wildman–Crippen LogP) is 9.33. The largest absolute Gasteiger partial charge is 0.466 e. The normalized spacial score (nSPS) is 12.0. The van der Waals surface area contributed by atoms with Crippen LogP contribution in [0.1, 0.15) is 162 Å². The van der Waals surface area contributed by atoms with Crippen molar-refractivity contribution in [2.24, 2.45) is 5.92 Å².